The molecule has 0 spiro atoms. The Balaban J connectivity index is 2.26. The molecule has 0 aliphatic heterocycles. The van der Waals surface area contributed by atoms with Crippen LogP contribution in [0.5, 0.6) is 0 Å². The summed E-state index contributed by atoms with van der Waals surface area (Å²) in [5, 5.41) is 3.89. The van der Waals surface area contributed by atoms with E-state index in [1.807, 2.05) is 44.2 Å². The number of hydrogen-bond donors (Lipinski definition) is 1. The van der Waals surface area contributed by atoms with E-state index in [4.69, 9.17) is 14.7 Å². The Hall–Kier alpha value is -2.49. The number of nitrogen functional groups attached to an aromatic ring is 1. The molecule has 0 aliphatic rings. The van der Waals surface area contributed by atoms with Crippen molar-refractivity contribution >= 4 is 5.82 Å². The van der Waals surface area contributed by atoms with Gasteiger partial charge in [0, 0.05) is 0 Å². The van der Waals surface area contributed by atoms with Gasteiger partial charge < -0.3 is 14.7 Å². The maximum atomic E-state index is 5.96. The number of hydrogen-bond acceptors (Lipinski definition) is 4. The molecule has 3 rings (SSSR count). The minimum absolute atomic E-state index is 0.393. The number of benzene rings is 1. The topological polar surface area (TPSA) is 65.2 Å². The minimum Gasteiger partial charge on any atom is -0.469 e. The molecule has 96 valence electrons. The summed E-state index contributed by atoms with van der Waals surface area (Å²) < 4.78 is 10.7. The predicted molar refractivity (Wildman–Crippen MR) is 73.5 cm³/mol. The van der Waals surface area contributed by atoms with Gasteiger partial charge in [-0.2, -0.15) is 0 Å². The van der Waals surface area contributed by atoms with E-state index >= 15 is 0 Å². The first-order valence-corrected chi connectivity index (χ1v) is 6.04. The summed E-state index contributed by atoms with van der Waals surface area (Å²) in [5.41, 5.74) is 9.81. The molecule has 1 aromatic carbocycles. The monoisotopic (exact) mass is 254 g/mol. The number of aryl methyl sites for hydroxylation is 2. The van der Waals surface area contributed by atoms with Gasteiger partial charge in [-0.25, -0.2) is 0 Å². The van der Waals surface area contributed by atoms with Crippen LogP contribution in [0.3, 0.4) is 0 Å². The Kier molecular flexibility index (Phi) is 2.63. The molecule has 0 unspecified atom stereocenters. The predicted octanol–water partition coefficient (Wildman–Crippen LogP) is 3.80. The quantitative estimate of drug-likeness (QED) is 0.755. The molecule has 0 saturated carbocycles. The van der Waals surface area contributed by atoms with E-state index in [9.17, 15) is 0 Å². The molecule has 0 fully saturated rings. The average molecular weight is 254 g/mol. The van der Waals surface area contributed by atoms with Crippen LogP contribution in [0.25, 0.3) is 22.5 Å². The molecule has 2 N–H and O–H groups in total. The fourth-order valence-electron chi connectivity index (χ4n) is 2.22. The number of furan rings is 1. The van der Waals surface area contributed by atoms with E-state index in [1.54, 1.807) is 6.26 Å². The maximum absolute atomic E-state index is 5.96. The highest BCUT2D eigenvalue weighted by Gasteiger charge is 2.21. The Morgan fingerprint density at radius 2 is 1.84 bits per heavy atom. The van der Waals surface area contributed by atoms with Crippen LogP contribution in [0.1, 0.15) is 11.3 Å². The highest BCUT2D eigenvalue weighted by atomic mass is 16.5. The molecule has 0 radical (unpaired) electrons. The van der Waals surface area contributed by atoms with Crippen molar-refractivity contribution in [3.63, 3.8) is 0 Å². The van der Waals surface area contributed by atoms with Crippen molar-refractivity contribution < 1.29 is 8.94 Å². The lowest BCUT2D eigenvalue weighted by molar-refractivity contribution is 0.434. The SMILES string of the molecule is Cc1ccccc1-c1c(N)noc1-c1ccoc1C. The number of aromatic nitrogens is 1. The Morgan fingerprint density at radius 3 is 2.53 bits per heavy atom. The van der Waals surface area contributed by atoms with Crippen molar-refractivity contribution in [3.05, 3.63) is 47.9 Å². The van der Waals surface area contributed by atoms with Gasteiger partial charge in [0.1, 0.15) is 5.76 Å². The van der Waals surface area contributed by atoms with Gasteiger partial charge in [-0.05, 0) is 31.0 Å². The fraction of sp³-hybridized carbons (Fsp3) is 0.133. The van der Waals surface area contributed by atoms with Gasteiger partial charge in [-0.3, -0.25) is 0 Å². The minimum atomic E-state index is 0.393. The van der Waals surface area contributed by atoms with Crippen molar-refractivity contribution in [1.82, 2.24) is 5.16 Å². The second-order valence-corrected chi connectivity index (χ2v) is 4.48. The zero-order valence-electron chi connectivity index (χ0n) is 10.8. The zero-order valence-corrected chi connectivity index (χ0v) is 10.8. The molecule has 2 aromatic heterocycles. The van der Waals surface area contributed by atoms with Gasteiger partial charge in [0.05, 0.1) is 17.4 Å². The largest absolute Gasteiger partial charge is 0.469 e. The number of rotatable bonds is 2. The number of nitrogens with zero attached hydrogens (tertiary/aromatic N) is 1. The Bertz CT molecular complexity index is 725. The first-order chi connectivity index (χ1) is 9.18. The lowest BCUT2D eigenvalue weighted by Gasteiger charge is -2.05. The molecular weight excluding hydrogens is 240 g/mol. The van der Waals surface area contributed by atoms with E-state index in [1.165, 1.54) is 0 Å². The van der Waals surface area contributed by atoms with Gasteiger partial charge >= 0.3 is 0 Å². The lowest BCUT2D eigenvalue weighted by atomic mass is 9.98. The Morgan fingerprint density at radius 1 is 1.05 bits per heavy atom. The van der Waals surface area contributed by atoms with Crippen molar-refractivity contribution in [3.8, 4) is 22.5 Å². The molecule has 19 heavy (non-hydrogen) atoms. The molecule has 4 nitrogen and oxygen atoms in total. The molecule has 3 aromatic rings. The van der Waals surface area contributed by atoms with Gasteiger partial charge in [-0.15, -0.1) is 0 Å². The standard InChI is InChI=1S/C15H14N2O2/c1-9-5-3-4-6-11(9)13-14(19-17-15(13)16)12-7-8-18-10(12)2/h3-8H,1-2H3,(H2,16,17). The highest BCUT2D eigenvalue weighted by Crippen LogP contribution is 2.39. The van der Waals surface area contributed by atoms with Crippen LogP contribution in [0, 0.1) is 13.8 Å². The lowest BCUT2D eigenvalue weighted by Crippen LogP contribution is -1.90. The molecule has 0 aliphatic carbocycles. The molecule has 0 atom stereocenters. The molecule has 0 bridgehead atoms. The zero-order chi connectivity index (χ0) is 13.4. The third-order valence-electron chi connectivity index (χ3n) is 3.24. The maximum Gasteiger partial charge on any atom is 0.180 e. The smallest absolute Gasteiger partial charge is 0.180 e. The van der Waals surface area contributed by atoms with Crippen LogP contribution in [0.2, 0.25) is 0 Å². The molecule has 2 heterocycles. The summed E-state index contributed by atoms with van der Waals surface area (Å²) in [7, 11) is 0. The second kappa shape index (κ2) is 4.31. The third kappa shape index (κ3) is 1.81. The van der Waals surface area contributed by atoms with Crippen LogP contribution in [0.15, 0.2) is 45.5 Å². The number of nitrogens with two attached hydrogens (primary N) is 1. The summed E-state index contributed by atoms with van der Waals surface area (Å²) in [5.74, 6) is 1.83. The normalized spacial score (nSPS) is 10.8. The molecule has 0 amide bonds. The van der Waals surface area contributed by atoms with Crippen molar-refractivity contribution in [2.45, 2.75) is 13.8 Å². The molecule has 4 heteroatoms. The van der Waals surface area contributed by atoms with Crippen LogP contribution >= 0.6 is 0 Å². The van der Waals surface area contributed by atoms with Crippen molar-refractivity contribution in [2.24, 2.45) is 0 Å². The second-order valence-electron chi connectivity index (χ2n) is 4.48. The molecule has 0 saturated heterocycles. The Labute approximate surface area is 110 Å². The summed E-state index contributed by atoms with van der Waals surface area (Å²) in [4.78, 5) is 0. The van der Waals surface area contributed by atoms with Crippen LogP contribution < -0.4 is 5.73 Å². The summed E-state index contributed by atoms with van der Waals surface area (Å²) in [6.07, 6.45) is 1.63. The van der Waals surface area contributed by atoms with Gasteiger partial charge in [0.2, 0.25) is 0 Å². The fourth-order valence-corrected chi connectivity index (χ4v) is 2.22. The van der Waals surface area contributed by atoms with E-state index in [0.717, 1.165) is 28.0 Å². The van der Waals surface area contributed by atoms with Gasteiger partial charge in [0.15, 0.2) is 11.6 Å². The van der Waals surface area contributed by atoms with E-state index in [-0.39, 0.29) is 0 Å². The van der Waals surface area contributed by atoms with Crippen molar-refractivity contribution in [2.75, 3.05) is 5.73 Å². The highest BCUT2D eigenvalue weighted by molar-refractivity contribution is 5.88. The van der Waals surface area contributed by atoms with Crippen LogP contribution in [-0.2, 0) is 0 Å². The van der Waals surface area contributed by atoms with Gasteiger partial charge in [0.25, 0.3) is 0 Å². The van der Waals surface area contributed by atoms with Gasteiger partial charge in [-0.1, -0.05) is 29.4 Å². The third-order valence-corrected chi connectivity index (χ3v) is 3.24. The number of anilines is 1. The van der Waals surface area contributed by atoms with E-state index in [2.05, 4.69) is 5.16 Å². The summed E-state index contributed by atoms with van der Waals surface area (Å²) in [6.45, 7) is 3.92. The first kappa shape index (κ1) is 11.6. The van der Waals surface area contributed by atoms with Crippen LogP contribution in [-0.4, -0.2) is 5.16 Å². The average Bonchev–Trinajstić information content (AvgIpc) is 2.96. The van der Waals surface area contributed by atoms with Crippen molar-refractivity contribution in [1.29, 1.82) is 0 Å². The van der Waals surface area contributed by atoms with Crippen LogP contribution in [0.4, 0.5) is 5.82 Å². The van der Waals surface area contributed by atoms with E-state index in [0.29, 0.717) is 11.6 Å². The molecular formula is C15H14N2O2. The van der Waals surface area contributed by atoms with E-state index < -0.39 is 0 Å². The summed E-state index contributed by atoms with van der Waals surface area (Å²) >= 11 is 0. The summed E-state index contributed by atoms with van der Waals surface area (Å²) in [6, 6.07) is 9.87. The first-order valence-electron chi connectivity index (χ1n) is 6.04.